The molecule has 0 saturated heterocycles. The molecule has 0 bridgehead atoms. The van der Waals surface area contributed by atoms with Gasteiger partial charge in [0.05, 0.1) is 0 Å². The van der Waals surface area contributed by atoms with Crippen LogP contribution in [0.3, 0.4) is 0 Å². The molecule has 0 radical (unpaired) electrons. The number of alkyl halides is 1. The largest absolute Gasteiger partial charge is 0.0861 e. The van der Waals surface area contributed by atoms with Crippen molar-refractivity contribution in [1.82, 2.24) is 0 Å². The SMILES string of the molecule is ICC1CC1. The van der Waals surface area contributed by atoms with Crippen molar-refractivity contribution in [3.63, 3.8) is 0 Å². The lowest BCUT2D eigenvalue weighted by Crippen LogP contribution is -1.66. The summed E-state index contributed by atoms with van der Waals surface area (Å²) in [5.41, 5.74) is 0. The van der Waals surface area contributed by atoms with Crippen LogP contribution in [0.4, 0.5) is 0 Å². The molecule has 0 spiro atoms. The fourth-order valence-corrected chi connectivity index (χ4v) is 1.15. The van der Waals surface area contributed by atoms with E-state index in [0.29, 0.717) is 0 Å². The summed E-state index contributed by atoms with van der Waals surface area (Å²) >= 11 is 2.44. The van der Waals surface area contributed by atoms with Gasteiger partial charge < -0.3 is 0 Å². The highest BCUT2D eigenvalue weighted by Crippen LogP contribution is 2.30. The molecule has 0 N–H and O–H groups in total. The van der Waals surface area contributed by atoms with Crippen LogP contribution in [0.2, 0.25) is 0 Å². The van der Waals surface area contributed by atoms with Gasteiger partial charge in [-0.15, -0.1) is 0 Å². The van der Waals surface area contributed by atoms with Crippen LogP contribution in [0.5, 0.6) is 0 Å². The molecular formula is C4H7I. The first-order valence-corrected chi connectivity index (χ1v) is 3.52. The van der Waals surface area contributed by atoms with Gasteiger partial charge >= 0.3 is 0 Å². The van der Waals surface area contributed by atoms with Crippen molar-refractivity contribution in [3.05, 3.63) is 0 Å². The van der Waals surface area contributed by atoms with Crippen LogP contribution in [-0.4, -0.2) is 4.43 Å². The predicted molar refractivity (Wildman–Crippen MR) is 31.6 cm³/mol. The van der Waals surface area contributed by atoms with Crippen molar-refractivity contribution < 1.29 is 0 Å². The lowest BCUT2D eigenvalue weighted by atomic mass is 10.5. The maximum absolute atomic E-state index is 2.44. The molecule has 0 heterocycles. The Morgan fingerprint density at radius 2 is 2.20 bits per heavy atom. The molecule has 1 saturated carbocycles. The van der Waals surface area contributed by atoms with Gasteiger partial charge in [0.1, 0.15) is 0 Å². The summed E-state index contributed by atoms with van der Waals surface area (Å²) in [6.45, 7) is 0. The van der Waals surface area contributed by atoms with Gasteiger partial charge in [0, 0.05) is 4.43 Å². The third-order valence-corrected chi connectivity index (χ3v) is 2.16. The monoisotopic (exact) mass is 182 g/mol. The van der Waals surface area contributed by atoms with Gasteiger partial charge in [0.15, 0.2) is 0 Å². The molecule has 30 valence electrons. The smallest absolute Gasteiger partial charge is 0.00237 e. The molecule has 0 aromatic carbocycles. The van der Waals surface area contributed by atoms with Crippen LogP contribution in [0.25, 0.3) is 0 Å². The minimum atomic E-state index is 1.12. The minimum Gasteiger partial charge on any atom is -0.0861 e. The van der Waals surface area contributed by atoms with Crippen molar-refractivity contribution in [2.45, 2.75) is 12.8 Å². The van der Waals surface area contributed by atoms with Gasteiger partial charge in [-0.25, -0.2) is 0 Å². The van der Waals surface area contributed by atoms with E-state index in [4.69, 9.17) is 0 Å². The average Bonchev–Trinajstić information content (AvgIpc) is 2.12. The standard InChI is InChI=1S/C4H7I/c5-3-4-1-2-4/h4H,1-3H2. The third kappa shape index (κ3) is 1.07. The Bertz CT molecular complexity index is 30.6. The lowest BCUT2D eigenvalue weighted by Gasteiger charge is -1.70. The predicted octanol–water partition coefficient (Wildman–Crippen LogP) is 1.83. The third-order valence-electron chi connectivity index (χ3n) is 0.915. The number of halogens is 1. The molecule has 0 nitrogen and oxygen atoms in total. The Morgan fingerprint density at radius 1 is 1.60 bits per heavy atom. The van der Waals surface area contributed by atoms with E-state index in [1.54, 1.807) is 0 Å². The summed E-state index contributed by atoms with van der Waals surface area (Å²) in [5, 5.41) is 0. The summed E-state index contributed by atoms with van der Waals surface area (Å²) < 4.78 is 1.39. The molecule has 1 rings (SSSR count). The zero-order chi connectivity index (χ0) is 3.70. The van der Waals surface area contributed by atoms with Gasteiger partial charge in [-0.2, -0.15) is 0 Å². The lowest BCUT2D eigenvalue weighted by molar-refractivity contribution is 1.02. The Hall–Kier alpha value is 0.730. The van der Waals surface area contributed by atoms with E-state index >= 15 is 0 Å². The topological polar surface area (TPSA) is 0 Å². The first kappa shape index (κ1) is 3.90. The van der Waals surface area contributed by atoms with Crippen LogP contribution in [-0.2, 0) is 0 Å². The molecule has 1 fully saturated rings. The van der Waals surface area contributed by atoms with Crippen LogP contribution in [0.15, 0.2) is 0 Å². The van der Waals surface area contributed by atoms with E-state index in [1.165, 1.54) is 17.3 Å². The second-order valence-corrected chi connectivity index (χ2v) is 2.48. The first-order valence-electron chi connectivity index (χ1n) is 1.99. The Balaban J connectivity index is 2.00. The normalized spacial score (nSPS) is 23.4. The van der Waals surface area contributed by atoms with Crippen molar-refractivity contribution in [1.29, 1.82) is 0 Å². The van der Waals surface area contributed by atoms with Gasteiger partial charge in [0.2, 0.25) is 0 Å². The summed E-state index contributed by atoms with van der Waals surface area (Å²) in [6.07, 6.45) is 3.01. The Kier molecular flexibility index (Phi) is 1.13. The fraction of sp³-hybridized carbons (Fsp3) is 1.00. The van der Waals surface area contributed by atoms with Crippen LogP contribution >= 0.6 is 22.6 Å². The molecule has 5 heavy (non-hydrogen) atoms. The van der Waals surface area contributed by atoms with Gasteiger partial charge in [-0.3, -0.25) is 0 Å². The van der Waals surface area contributed by atoms with E-state index in [9.17, 15) is 0 Å². The van der Waals surface area contributed by atoms with Crippen LogP contribution in [0, 0.1) is 5.92 Å². The van der Waals surface area contributed by atoms with E-state index in [1.807, 2.05) is 0 Å². The second-order valence-electron chi connectivity index (χ2n) is 1.60. The van der Waals surface area contributed by atoms with Crippen LogP contribution < -0.4 is 0 Å². The minimum absolute atomic E-state index is 1.12. The molecule has 0 aliphatic heterocycles. The number of hydrogen-bond donors (Lipinski definition) is 0. The Labute approximate surface area is 46.1 Å². The van der Waals surface area contributed by atoms with E-state index in [0.717, 1.165) is 5.92 Å². The van der Waals surface area contributed by atoms with Gasteiger partial charge in [-0.05, 0) is 18.8 Å². The highest BCUT2D eigenvalue weighted by Gasteiger charge is 2.18. The average molecular weight is 182 g/mol. The second kappa shape index (κ2) is 1.45. The van der Waals surface area contributed by atoms with Crippen molar-refractivity contribution >= 4 is 22.6 Å². The molecule has 1 aliphatic rings. The first-order chi connectivity index (χ1) is 2.43. The molecule has 0 atom stereocenters. The molecule has 1 aliphatic carbocycles. The van der Waals surface area contributed by atoms with Crippen molar-refractivity contribution in [2.75, 3.05) is 4.43 Å². The quantitative estimate of drug-likeness (QED) is 0.428. The summed E-state index contributed by atoms with van der Waals surface area (Å²) in [7, 11) is 0. The van der Waals surface area contributed by atoms with E-state index in [2.05, 4.69) is 22.6 Å². The maximum atomic E-state index is 2.44. The molecule has 0 aromatic rings. The fourth-order valence-electron chi connectivity index (χ4n) is 0.272. The summed E-state index contributed by atoms with van der Waals surface area (Å²) in [5.74, 6) is 1.12. The molecule has 1 heteroatoms. The zero-order valence-corrected chi connectivity index (χ0v) is 5.23. The highest BCUT2D eigenvalue weighted by molar-refractivity contribution is 14.1. The maximum Gasteiger partial charge on any atom is 0.00237 e. The molecule has 0 amide bonds. The Morgan fingerprint density at radius 3 is 2.20 bits per heavy atom. The summed E-state index contributed by atoms with van der Waals surface area (Å²) in [6, 6.07) is 0. The van der Waals surface area contributed by atoms with Crippen molar-refractivity contribution in [3.8, 4) is 0 Å². The van der Waals surface area contributed by atoms with Gasteiger partial charge in [0.25, 0.3) is 0 Å². The highest BCUT2D eigenvalue weighted by atomic mass is 127. The zero-order valence-electron chi connectivity index (χ0n) is 3.08. The van der Waals surface area contributed by atoms with Crippen molar-refractivity contribution in [2.24, 2.45) is 5.92 Å². The molecule has 0 aromatic heterocycles. The number of hydrogen-bond acceptors (Lipinski definition) is 0. The van der Waals surface area contributed by atoms with Crippen LogP contribution in [0.1, 0.15) is 12.8 Å². The van der Waals surface area contributed by atoms with E-state index < -0.39 is 0 Å². The summed E-state index contributed by atoms with van der Waals surface area (Å²) in [4.78, 5) is 0. The number of rotatable bonds is 1. The molecule has 0 unspecified atom stereocenters. The van der Waals surface area contributed by atoms with E-state index in [-0.39, 0.29) is 0 Å². The van der Waals surface area contributed by atoms with Gasteiger partial charge in [-0.1, -0.05) is 22.6 Å². The molecular weight excluding hydrogens is 175 g/mol.